The Bertz CT molecular complexity index is 266. The summed E-state index contributed by atoms with van der Waals surface area (Å²) in [5.41, 5.74) is 1.85. The highest BCUT2D eigenvalue weighted by Gasteiger charge is 2.03. The van der Waals surface area contributed by atoms with Gasteiger partial charge in [0, 0.05) is 15.0 Å². The van der Waals surface area contributed by atoms with Crippen molar-refractivity contribution in [3.8, 4) is 0 Å². The molecule has 0 aliphatic heterocycles. The highest BCUT2D eigenvalue weighted by atomic mass is 31.0. The molecule has 1 aromatic rings. The molecule has 0 aromatic heterocycles. The first-order valence-electron chi connectivity index (χ1n) is 3.65. The predicted octanol–water partition coefficient (Wildman–Crippen LogP) is 1.98. The van der Waals surface area contributed by atoms with Gasteiger partial charge in [-0.05, 0) is 6.92 Å². The molecule has 0 N–H and O–H groups in total. The van der Waals surface area contributed by atoms with Crippen molar-refractivity contribution in [2.24, 2.45) is 0 Å². The average Bonchev–Trinajstić information content (AvgIpc) is 2.06. The van der Waals surface area contributed by atoms with E-state index in [0.717, 1.165) is 5.56 Å². The summed E-state index contributed by atoms with van der Waals surface area (Å²) in [5, 5.41) is 0. The third-order valence-electron chi connectivity index (χ3n) is 1.59. The summed E-state index contributed by atoms with van der Waals surface area (Å²) in [7, 11) is 2.06. The van der Waals surface area contributed by atoms with Crippen LogP contribution in [0, 0.1) is 6.92 Å². The largest absolute Gasteiger partial charge is 0.358 e. The minimum atomic E-state index is 0.00463. The summed E-state index contributed by atoms with van der Waals surface area (Å²) in [4.78, 5) is 11.2. The van der Waals surface area contributed by atoms with E-state index in [-0.39, 0.29) is 12.4 Å². The van der Waals surface area contributed by atoms with Gasteiger partial charge in [0.15, 0.2) is 5.78 Å². The van der Waals surface area contributed by atoms with Gasteiger partial charge in [0.25, 0.3) is 0 Å². The van der Waals surface area contributed by atoms with E-state index in [0.29, 0.717) is 5.56 Å². The SMILES string of the molecule is Cc1ccc(C(=O)COP)cc1. The quantitative estimate of drug-likeness (QED) is 0.527. The Balaban J connectivity index is 2.75. The molecule has 0 aliphatic rings. The molecule has 0 radical (unpaired) electrons. The van der Waals surface area contributed by atoms with Gasteiger partial charge in [-0.3, -0.25) is 4.79 Å². The third-order valence-corrected chi connectivity index (χ3v) is 1.75. The molecule has 0 heterocycles. The van der Waals surface area contributed by atoms with Gasteiger partial charge < -0.3 is 4.52 Å². The molecule has 0 saturated heterocycles. The summed E-state index contributed by atoms with van der Waals surface area (Å²) in [5.74, 6) is 0.00463. The van der Waals surface area contributed by atoms with Crippen LogP contribution in [0.4, 0.5) is 0 Å². The minimum absolute atomic E-state index is 0.00463. The van der Waals surface area contributed by atoms with Crippen molar-refractivity contribution in [3.63, 3.8) is 0 Å². The molecular weight excluding hydrogens is 171 g/mol. The van der Waals surface area contributed by atoms with Crippen molar-refractivity contribution < 1.29 is 9.32 Å². The Kier molecular flexibility index (Phi) is 3.39. The number of hydrogen-bond donors (Lipinski definition) is 0. The van der Waals surface area contributed by atoms with Gasteiger partial charge in [0.05, 0.1) is 0 Å². The van der Waals surface area contributed by atoms with E-state index in [4.69, 9.17) is 0 Å². The summed E-state index contributed by atoms with van der Waals surface area (Å²) in [6.07, 6.45) is 0. The molecule has 1 unspecified atom stereocenters. The number of benzene rings is 1. The minimum Gasteiger partial charge on any atom is -0.358 e. The molecule has 0 amide bonds. The first-order chi connectivity index (χ1) is 5.74. The van der Waals surface area contributed by atoms with E-state index < -0.39 is 0 Å². The number of hydrogen-bond acceptors (Lipinski definition) is 2. The van der Waals surface area contributed by atoms with Crippen LogP contribution in [0.15, 0.2) is 24.3 Å². The molecule has 0 saturated carbocycles. The van der Waals surface area contributed by atoms with Crippen LogP contribution in [-0.4, -0.2) is 12.4 Å². The molecule has 0 aliphatic carbocycles. The monoisotopic (exact) mass is 182 g/mol. The Morgan fingerprint density at radius 1 is 1.42 bits per heavy atom. The van der Waals surface area contributed by atoms with E-state index in [1.54, 1.807) is 12.1 Å². The third kappa shape index (κ3) is 2.40. The van der Waals surface area contributed by atoms with Crippen LogP contribution in [0.1, 0.15) is 15.9 Å². The number of carbonyl (C=O) groups is 1. The lowest BCUT2D eigenvalue weighted by Crippen LogP contribution is -2.04. The van der Waals surface area contributed by atoms with Crippen LogP contribution in [0.3, 0.4) is 0 Å². The zero-order chi connectivity index (χ0) is 8.97. The molecule has 0 fully saturated rings. The maximum atomic E-state index is 11.2. The first-order valence-corrected chi connectivity index (χ1v) is 4.12. The van der Waals surface area contributed by atoms with E-state index >= 15 is 0 Å². The van der Waals surface area contributed by atoms with E-state index in [9.17, 15) is 4.79 Å². The van der Waals surface area contributed by atoms with Gasteiger partial charge in [-0.1, -0.05) is 29.8 Å². The van der Waals surface area contributed by atoms with Gasteiger partial charge in [-0.15, -0.1) is 0 Å². The second kappa shape index (κ2) is 4.34. The summed E-state index contributed by atoms with van der Waals surface area (Å²) in [6.45, 7) is 2.11. The summed E-state index contributed by atoms with van der Waals surface area (Å²) >= 11 is 0. The maximum absolute atomic E-state index is 11.2. The lowest BCUT2D eigenvalue weighted by molar-refractivity contribution is 0.0934. The molecule has 3 heteroatoms. The highest BCUT2D eigenvalue weighted by molar-refractivity contribution is 7.09. The van der Waals surface area contributed by atoms with Crippen LogP contribution < -0.4 is 0 Å². The molecule has 1 rings (SSSR count). The highest BCUT2D eigenvalue weighted by Crippen LogP contribution is 2.04. The second-order valence-corrected chi connectivity index (χ2v) is 2.93. The molecule has 2 nitrogen and oxygen atoms in total. The molecule has 0 bridgehead atoms. The van der Waals surface area contributed by atoms with Gasteiger partial charge in [-0.2, -0.15) is 0 Å². The second-order valence-electron chi connectivity index (χ2n) is 2.60. The molecule has 1 aromatic carbocycles. The van der Waals surface area contributed by atoms with E-state index in [1.165, 1.54) is 0 Å². The summed E-state index contributed by atoms with van der Waals surface area (Å²) < 4.78 is 4.66. The molecular formula is C9H11O2P. The Morgan fingerprint density at radius 2 is 2.00 bits per heavy atom. The standard InChI is InChI=1S/C9H11O2P/c1-7-2-4-8(5-3-7)9(10)6-11-12/h2-5H,6,12H2,1H3. The van der Waals surface area contributed by atoms with Crippen molar-refractivity contribution in [2.45, 2.75) is 6.92 Å². The number of rotatable bonds is 3. The van der Waals surface area contributed by atoms with Gasteiger partial charge in [0.2, 0.25) is 0 Å². The zero-order valence-corrected chi connectivity index (χ0v) is 8.07. The van der Waals surface area contributed by atoms with E-state index in [2.05, 4.69) is 14.0 Å². The van der Waals surface area contributed by atoms with E-state index in [1.807, 2.05) is 19.1 Å². The number of Topliss-reactive ketones (excluding diaryl/α,β-unsaturated/α-hetero) is 1. The van der Waals surface area contributed by atoms with Crippen molar-refractivity contribution in [1.82, 2.24) is 0 Å². The fourth-order valence-corrected chi connectivity index (χ4v) is 1.05. The van der Waals surface area contributed by atoms with Crippen LogP contribution in [0.5, 0.6) is 0 Å². The average molecular weight is 182 g/mol. The Labute approximate surface area is 74.2 Å². The number of carbonyl (C=O) groups excluding carboxylic acids is 1. The van der Waals surface area contributed by atoms with Gasteiger partial charge in [0.1, 0.15) is 6.61 Å². The van der Waals surface area contributed by atoms with Gasteiger partial charge >= 0.3 is 0 Å². The smallest absolute Gasteiger partial charge is 0.188 e. The predicted molar refractivity (Wildman–Crippen MR) is 51.2 cm³/mol. The van der Waals surface area contributed by atoms with Crippen LogP contribution >= 0.6 is 9.47 Å². The fourth-order valence-electron chi connectivity index (χ4n) is 0.898. The Hall–Kier alpha value is -0.720. The van der Waals surface area contributed by atoms with Gasteiger partial charge in [-0.25, -0.2) is 0 Å². The summed E-state index contributed by atoms with van der Waals surface area (Å²) in [6, 6.07) is 7.44. The zero-order valence-electron chi connectivity index (χ0n) is 6.91. The van der Waals surface area contributed by atoms with Crippen molar-refractivity contribution in [3.05, 3.63) is 35.4 Å². The van der Waals surface area contributed by atoms with Crippen molar-refractivity contribution in [1.29, 1.82) is 0 Å². The molecule has 1 atom stereocenters. The van der Waals surface area contributed by atoms with Crippen LogP contribution in [0.2, 0.25) is 0 Å². The first kappa shape index (κ1) is 9.37. The topological polar surface area (TPSA) is 26.3 Å². The van der Waals surface area contributed by atoms with Crippen LogP contribution in [-0.2, 0) is 4.52 Å². The van der Waals surface area contributed by atoms with Crippen molar-refractivity contribution in [2.75, 3.05) is 6.61 Å². The van der Waals surface area contributed by atoms with Crippen molar-refractivity contribution >= 4 is 15.2 Å². The fraction of sp³-hybridized carbons (Fsp3) is 0.222. The molecule has 0 spiro atoms. The lowest BCUT2D eigenvalue weighted by atomic mass is 10.1. The number of aryl methyl sites for hydroxylation is 1. The molecule has 12 heavy (non-hydrogen) atoms. The van der Waals surface area contributed by atoms with Crippen LogP contribution in [0.25, 0.3) is 0 Å². The lowest BCUT2D eigenvalue weighted by Gasteiger charge is -1.98. The maximum Gasteiger partial charge on any atom is 0.188 e. The normalized spacial score (nSPS) is 9.83. The number of ketones is 1. The Morgan fingerprint density at radius 3 is 2.50 bits per heavy atom. The molecule has 64 valence electrons.